The summed E-state index contributed by atoms with van der Waals surface area (Å²) in [5.41, 5.74) is 0. The zero-order valence-electron chi connectivity index (χ0n) is 8.95. The van der Waals surface area contributed by atoms with Crippen LogP contribution in [0.5, 0.6) is 5.88 Å². The number of sulfonamides is 1. The van der Waals surface area contributed by atoms with Gasteiger partial charge in [0.05, 0.1) is 7.11 Å². The summed E-state index contributed by atoms with van der Waals surface area (Å²) in [7, 11) is -3.18. The van der Waals surface area contributed by atoms with E-state index in [1.807, 2.05) is 0 Å². The van der Waals surface area contributed by atoms with E-state index in [2.05, 4.69) is 25.7 Å². The Hall–Kier alpha value is -0.870. The van der Waals surface area contributed by atoms with Gasteiger partial charge in [0.1, 0.15) is 11.4 Å². The van der Waals surface area contributed by atoms with Gasteiger partial charge in [0.15, 0.2) is 0 Å². The van der Waals surface area contributed by atoms with Crippen molar-refractivity contribution in [2.24, 2.45) is 0 Å². The zero-order valence-corrected chi connectivity index (χ0v) is 11.4. The van der Waals surface area contributed by atoms with Crippen LogP contribution in [0, 0.1) is 0 Å². The number of ether oxygens (including phenoxy) is 1. The summed E-state index contributed by atoms with van der Waals surface area (Å²) in [6.07, 6.45) is -3.37. The molecule has 0 spiro atoms. The number of nitrogens with zero attached hydrogens (tertiary/aromatic N) is 1. The predicted molar refractivity (Wildman–Crippen MR) is 59.7 cm³/mol. The molecule has 0 bridgehead atoms. The highest BCUT2D eigenvalue weighted by Crippen LogP contribution is 2.25. The number of pyridine rings is 1. The van der Waals surface area contributed by atoms with Crippen molar-refractivity contribution < 1.29 is 26.3 Å². The SMILES string of the molecule is COc1ncc(Br)cc1S(=O)(=O)NCC(F)(F)F. The average Bonchev–Trinajstić information content (AvgIpc) is 2.26. The van der Waals surface area contributed by atoms with Crippen LogP contribution < -0.4 is 9.46 Å². The molecule has 0 radical (unpaired) electrons. The topological polar surface area (TPSA) is 68.3 Å². The molecule has 0 aliphatic rings. The molecule has 0 saturated carbocycles. The van der Waals surface area contributed by atoms with Crippen LogP contribution in [0.2, 0.25) is 0 Å². The maximum atomic E-state index is 12.0. The molecule has 1 aromatic heterocycles. The van der Waals surface area contributed by atoms with Crippen molar-refractivity contribution in [3.63, 3.8) is 0 Å². The highest BCUT2D eigenvalue weighted by Gasteiger charge is 2.31. The van der Waals surface area contributed by atoms with Crippen LogP contribution in [-0.4, -0.2) is 33.2 Å². The third-order valence-corrected chi connectivity index (χ3v) is 3.56. The molecule has 0 atom stereocenters. The van der Waals surface area contributed by atoms with Crippen LogP contribution in [0.15, 0.2) is 21.6 Å². The van der Waals surface area contributed by atoms with Crippen LogP contribution in [0.25, 0.3) is 0 Å². The Morgan fingerprint density at radius 1 is 1.50 bits per heavy atom. The zero-order chi connectivity index (χ0) is 14.0. The van der Waals surface area contributed by atoms with E-state index in [9.17, 15) is 21.6 Å². The van der Waals surface area contributed by atoms with Crippen molar-refractivity contribution in [3.8, 4) is 5.88 Å². The maximum absolute atomic E-state index is 12.0. The standard InChI is InChI=1S/C8H8BrF3N2O3S/c1-17-7-6(2-5(9)3-13-7)18(15,16)14-4-8(10,11)12/h2-3,14H,4H2,1H3. The number of aromatic nitrogens is 1. The Bertz CT molecular complexity index is 533. The summed E-state index contributed by atoms with van der Waals surface area (Å²) in [5, 5.41) is 0. The third-order valence-electron chi connectivity index (χ3n) is 1.73. The molecule has 1 aromatic rings. The van der Waals surface area contributed by atoms with Gasteiger partial charge in [-0.2, -0.15) is 13.2 Å². The lowest BCUT2D eigenvalue weighted by Gasteiger charge is -2.11. The lowest BCUT2D eigenvalue weighted by atomic mass is 10.5. The fraction of sp³-hybridized carbons (Fsp3) is 0.375. The Balaban J connectivity index is 3.08. The quantitative estimate of drug-likeness (QED) is 0.899. The molecule has 18 heavy (non-hydrogen) atoms. The van der Waals surface area contributed by atoms with Crippen LogP contribution >= 0.6 is 15.9 Å². The second kappa shape index (κ2) is 5.41. The van der Waals surface area contributed by atoms with Crippen LogP contribution in [-0.2, 0) is 10.0 Å². The molecule has 0 aromatic carbocycles. The molecule has 0 fully saturated rings. The molecule has 0 saturated heterocycles. The summed E-state index contributed by atoms with van der Waals surface area (Å²) in [5.74, 6) is -0.284. The van der Waals surface area contributed by atoms with Gasteiger partial charge < -0.3 is 4.74 Å². The molecule has 10 heteroatoms. The van der Waals surface area contributed by atoms with Gasteiger partial charge in [-0.25, -0.2) is 18.1 Å². The second-order valence-corrected chi connectivity index (χ2v) is 5.75. The number of rotatable bonds is 4. The van der Waals surface area contributed by atoms with Gasteiger partial charge in [-0.05, 0) is 22.0 Å². The number of halogens is 4. The van der Waals surface area contributed by atoms with Gasteiger partial charge in [-0.1, -0.05) is 0 Å². The smallest absolute Gasteiger partial charge is 0.402 e. The number of hydrogen-bond acceptors (Lipinski definition) is 4. The predicted octanol–water partition coefficient (Wildman–Crippen LogP) is 1.69. The largest absolute Gasteiger partial charge is 0.480 e. The van der Waals surface area contributed by atoms with E-state index in [1.54, 1.807) is 0 Å². The van der Waals surface area contributed by atoms with Crippen molar-refractivity contribution in [2.45, 2.75) is 11.1 Å². The molecule has 1 heterocycles. The molecule has 102 valence electrons. The van der Waals surface area contributed by atoms with Gasteiger partial charge >= 0.3 is 6.18 Å². The van der Waals surface area contributed by atoms with E-state index < -0.39 is 27.6 Å². The maximum Gasteiger partial charge on any atom is 0.402 e. The highest BCUT2D eigenvalue weighted by atomic mass is 79.9. The van der Waals surface area contributed by atoms with Crippen molar-refractivity contribution in [3.05, 3.63) is 16.7 Å². The molecule has 0 amide bonds. The molecular weight excluding hydrogens is 341 g/mol. The van der Waals surface area contributed by atoms with Gasteiger partial charge in [-0.3, -0.25) is 0 Å². The summed E-state index contributed by atoms with van der Waals surface area (Å²) in [6.45, 7) is -1.66. The summed E-state index contributed by atoms with van der Waals surface area (Å²) >= 11 is 2.98. The Labute approximate surface area is 110 Å². The first kappa shape index (κ1) is 15.2. The second-order valence-electron chi connectivity index (χ2n) is 3.10. The van der Waals surface area contributed by atoms with Gasteiger partial charge in [-0.15, -0.1) is 0 Å². The lowest BCUT2D eigenvalue weighted by molar-refractivity contribution is -0.121. The van der Waals surface area contributed by atoms with Crippen LogP contribution in [0.3, 0.4) is 0 Å². The molecule has 1 N–H and O–H groups in total. The molecular formula is C8H8BrF3N2O3S. The van der Waals surface area contributed by atoms with Crippen LogP contribution in [0.4, 0.5) is 13.2 Å². The monoisotopic (exact) mass is 348 g/mol. The van der Waals surface area contributed by atoms with Gasteiger partial charge in [0.25, 0.3) is 0 Å². The van der Waals surface area contributed by atoms with Crippen molar-refractivity contribution in [1.29, 1.82) is 0 Å². The van der Waals surface area contributed by atoms with E-state index in [0.717, 1.165) is 6.07 Å². The molecule has 5 nitrogen and oxygen atoms in total. The lowest BCUT2D eigenvalue weighted by Crippen LogP contribution is -2.34. The normalized spacial score (nSPS) is 12.5. The van der Waals surface area contributed by atoms with Crippen molar-refractivity contribution in [2.75, 3.05) is 13.7 Å². The highest BCUT2D eigenvalue weighted by molar-refractivity contribution is 9.10. The van der Waals surface area contributed by atoms with Crippen LogP contribution in [0.1, 0.15) is 0 Å². The van der Waals surface area contributed by atoms with E-state index in [0.29, 0.717) is 4.47 Å². The Kier molecular flexibility index (Phi) is 4.56. The van der Waals surface area contributed by atoms with E-state index >= 15 is 0 Å². The first-order valence-corrected chi connectivity index (χ1v) is 6.69. The van der Waals surface area contributed by atoms with Gasteiger partial charge in [0.2, 0.25) is 15.9 Å². The number of methoxy groups -OCH3 is 1. The van der Waals surface area contributed by atoms with Crippen molar-refractivity contribution in [1.82, 2.24) is 9.71 Å². The molecule has 1 rings (SSSR count). The Morgan fingerprint density at radius 2 is 2.11 bits per heavy atom. The summed E-state index contributed by atoms with van der Waals surface area (Å²) in [6, 6.07) is 1.10. The average molecular weight is 349 g/mol. The van der Waals surface area contributed by atoms with Gasteiger partial charge in [0, 0.05) is 10.7 Å². The number of alkyl halides is 3. The van der Waals surface area contributed by atoms with E-state index in [1.165, 1.54) is 18.0 Å². The number of nitrogens with one attached hydrogen (secondary N) is 1. The first-order chi connectivity index (χ1) is 8.15. The molecule has 0 unspecified atom stereocenters. The first-order valence-electron chi connectivity index (χ1n) is 4.41. The number of hydrogen-bond donors (Lipinski definition) is 1. The fourth-order valence-electron chi connectivity index (χ4n) is 1.01. The van der Waals surface area contributed by atoms with Crippen molar-refractivity contribution >= 4 is 26.0 Å². The minimum Gasteiger partial charge on any atom is -0.480 e. The Morgan fingerprint density at radius 3 is 2.61 bits per heavy atom. The minimum absolute atomic E-state index is 0.284. The summed E-state index contributed by atoms with van der Waals surface area (Å²) < 4.78 is 65.7. The molecule has 0 aliphatic carbocycles. The third kappa shape index (κ3) is 4.10. The summed E-state index contributed by atoms with van der Waals surface area (Å²) in [4.78, 5) is 3.17. The van der Waals surface area contributed by atoms with E-state index in [4.69, 9.17) is 0 Å². The van der Waals surface area contributed by atoms with E-state index in [-0.39, 0.29) is 5.88 Å². The fourth-order valence-corrected chi connectivity index (χ4v) is 2.65. The minimum atomic E-state index is -4.64. The molecule has 0 aliphatic heterocycles.